The SMILES string of the molecule is NS(=O)(=O)c1ncc(C(F)F)cc1CBr. The van der Waals surface area contributed by atoms with Gasteiger partial charge in [-0.2, -0.15) is 0 Å². The molecule has 1 heterocycles. The van der Waals surface area contributed by atoms with Crippen LogP contribution in [0.25, 0.3) is 0 Å². The first kappa shape index (κ1) is 12.5. The van der Waals surface area contributed by atoms with Gasteiger partial charge < -0.3 is 0 Å². The molecule has 0 fully saturated rings. The van der Waals surface area contributed by atoms with E-state index in [1.54, 1.807) is 0 Å². The van der Waals surface area contributed by atoms with Crippen molar-refractivity contribution in [1.29, 1.82) is 0 Å². The lowest BCUT2D eigenvalue weighted by molar-refractivity contribution is 0.150. The first-order valence-corrected chi connectivity index (χ1v) is 6.38. The lowest BCUT2D eigenvalue weighted by Crippen LogP contribution is -2.16. The molecule has 0 atom stereocenters. The molecule has 84 valence electrons. The van der Waals surface area contributed by atoms with Crippen LogP contribution < -0.4 is 5.14 Å². The summed E-state index contributed by atoms with van der Waals surface area (Å²) in [6.07, 6.45) is -1.89. The van der Waals surface area contributed by atoms with Gasteiger partial charge in [0.1, 0.15) is 0 Å². The third-order valence-corrected chi connectivity index (χ3v) is 3.12. The van der Waals surface area contributed by atoms with Crippen LogP contribution in [0.1, 0.15) is 17.6 Å². The minimum Gasteiger partial charge on any atom is -0.243 e. The molecular formula is C7H7BrF2N2O2S. The van der Waals surface area contributed by atoms with Gasteiger partial charge in [-0.25, -0.2) is 27.3 Å². The highest BCUT2D eigenvalue weighted by atomic mass is 79.9. The van der Waals surface area contributed by atoms with E-state index >= 15 is 0 Å². The van der Waals surface area contributed by atoms with E-state index in [0.717, 1.165) is 12.3 Å². The number of nitrogens with two attached hydrogens (primary N) is 1. The predicted octanol–water partition coefficient (Wildman–Crippen LogP) is 1.56. The molecule has 1 aromatic rings. The van der Waals surface area contributed by atoms with E-state index < -0.39 is 16.4 Å². The quantitative estimate of drug-likeness (QED) is 0.861. The van der Waals surface area contributed by atoms with E-state index in [-0.39, 0.29) is 21.5 Å². The monoisotopic (exact) mass is 300 g/mol. The minimum absolute atomic E-state index is 0.0896. The summed E-state index contributed by atoms with van der Waals surface area (Å²) in [5, 5.41) is 4.56. The van der Waals surface area contributed by atoms with Crippen LogP contribution in [-0.2, 0) is 15.4 Å². The fourth-order valence-corrected chi connectivity index (χ4v) is 2.30. The molecule has 8 heteroatoms. The highest BCUT2D eigenvalue weighted by Gasteiger charge is 2.18. The Balaban J connectivity index is 3.34. The summed E-state index contributed by atoms with van der Waals surface area (Å²) in [6, 6.07) is 1.06. The van der Waals surface area contributed by atoms with E-state index in [0.29, 0.717) is 0 Å². The average Bonchev–Trinajstić information content (AvgIpc) is 2.15. The van der Waals surface area contributed by atoms with E-state index in [1.807, 2.05) is 0 Å². The van der Waals surface area contributed by atoms with Crippen LogP contribution in [0.3, 0.4) is 0 Å². The maximum atomic E-state index is 12.3. The van der Waals surface area contributed by atoms with Crippen LogP contribution in [0, 0.1) is 0 Å². The number of halogens is 3. The molecule has 1 aromatic heterocycles. The fourth-order valence-electron chi connectivity index (χ4n) is 0.988. The molecule has 0 unspecified atom stereocenters. The van der Waals surface area contributed by atoms with Crippen molar-refractivity contribution in [3.63, 3.8) is 0 Å². The van der Waals surface area contributed by atoms with E-state index in [1.165, 1.54) is 0 Å². The number of primary sulfonamides is 1. The van der Waals surface area contributed by atoms with Gasteiger partial charge in [0.15, 0.2) is 5.03 Å². The Hall–Kier alpha value is -0.600. The summed E-state index contributed by atoms with van der Waals surface area (Å²) in [4.78, 5) is 3.42. The van der Waals surface area contributed by atoms with Gasteiger partial charge in [-0.05, 0) is 6.07 Å². The van der Waals surface area contributed by atoms with Gasteiger partial charge >= 0.3 is 0 Å². The lowest BCUT2D eigenvalue weighted by Gasteiger charge is -2.06. The van der Waals surface area contributed by atoms with Crippen LogP contribution in [0.2, 0.25) is 0 Å². The summed E-state index contributed by atoms with van der Waals surface area (Å²) in [7, 11) is -3.97. The Kier molecular flexibility index (Phi) is 3.74. The molecule has 0 aliphatic heterocycles. The molecule has 4 nitrogen and oxygen atoms in total. The van der Waals surface area contributed by atoms with Crippen molar-refractivity contribution in [3.05, 3.63) is 23.4 Å². The highest BCUT2D eigenvalue weighted by Crippen LogP contribution is 2.23. The second-order valence-corrected chi connectivity index (χ2v) is 4.75. The van der Waals surface area contributed by atoms with Crippen molar-refractivity contribution >= 4 is 26.0 Å². The predicted molar refractivity (Wildman–Crippen MR) is 53.2 cm³/mol. The molecule has 0 spiro atoms. The molecule has 0 radical (unpaired) electrons. The Bertz CT molecular complexity index is 464. The number of aromatic nitrogens is 1. The molecule has 0 aliphatic carbocycles. The normalized spacial score (nSPS) is 12.1. The Morgan fingerprint density at radius 2 is 2.13 bits per heavy atom. The average molecular weight is 301 g/mol. The van der Waals surface area contributed by atoms with Gasteiger partial charge in [-0.3, -0.25) is 0 Å². The first-order chi connectivity index (χ1) is 6.86. The third kappa shape index (κ3) is 2.93. The van der Waals surface area contributed by atoms with Crippen LogP contribution in [-0.4, -0.2) is 13.4 Å². The maximum absolute atomic E-state index is 12.3. The van der Waals surface area contributed by atoms with Crippen molar-refractivity contribution in [2.45, 2.75) is 16.8 Å². The first-order valence-electron chi connectivity index (χ1n) is 3.72. The van der Waals surface area contributed by atoms with Crippen molar-refractivity contribution in [1.82, 2.24) is 4.98 Å². The van der Waals surface area contributed by atoms with Gasteiger partial charge in [0.25, 0.3) is 16.4 Å². The Labute approximate surface area is 93.7 Å². The molecular weight excluding hydrogens is 294 g/mol. The zero-order valence-electron chi connectivity index (χ0n) is 7.32. The highest BCUT2D eigenvalue weighted by molar-refractivity contribution is 9.08. The topological polar surface area (TPSA) is 73.1 Å². The largest absolute Gasteiger partial charge is 0.265 e. The number of sulfonamides is 1. The molecule has 0 amide bonds. The van der Waals surface area contributed by atoms with Crippen molar-refractivity contribution in [2.24, 2.45) is 5.14 Å². The summed E-state index contributed by atoms with van der Waals surface area (Å²) in [5.41, 5.74) is -0.216. The zero-order valence-corrected chi connectivity index (χ0v) is 9.72. The van der Waals surface area contributed by atoms with E-state index in [9.17, 15) is 17.2 Å². The molecule has 2 N–H and O–H groups in total. The van der Waals surface area contributed by atoms with Crippen LogP contribution in [0.15, 0.2) is 17.3 Å². The smallest absolute Gasteiger partial charge is 0.243 e. The number of pyridine rings is 1. The molecule has 1 rings (SSSR count). The Morgan fingerprint density at radius 1 is 1.53 bits per heavy atom. The number of rotatable bonds is 3. The second-order valence-electron chi connectivity index (χ2n) is 2.71. The summed E-state index contributed by atoms with van der Waals surface area (Å²) in [6.45, 7) is 0. The second kappa shape index (κ2) is 4.50. The van der Waals surface area contributed by atoms with Gasteiger partial charge in [0.05, 0.1) is 0 Å². The maximum Gasteiger partial charge on any atom is 0.265 e. The molecule has 0 aliphatic rings. The van der Waals surface area contributed by atoms with E-state index in [4.69, 9.17) is 5.14 Å². The van der Waals surface area contributed by atoms with Crippen LogP contribution in [0.5, 0.6) is 0 Å². The molecule has 0 bridgehead atoms. The van der Waals surface area contributed by atoms with Crippen molar-refractivity contribution in [3.8, 4) is 0 Å². The van der Waals surface area contributed by atoms with Gasteiger partial charge in [0, 0.05) is 22.7 Å². The zero-order chi connectivity index (χ0) is 11.6. The number of alkyl halides is 3. The molecule has 0 saturated carbocycles. The van der Waals surface area contributed by atoms with Crippen molar-refractivity contribution < 1.29 is 17.2 Å². The minimum atomic E-state index is -3.97. The van der Waals surface area contributed by atoms with Crippen LogP contribution in [0.4, 0.5) is 8.78 Å². The molecule has 15 heavy (non-hydrogen) atoms. The molecule has 0 saturated heterocycles. The Morgan fingerprint density at radius 3 is 2.53 bits per heavy atom. The van der Waals surface area contributed by atoms with Gasteiger partial charge in [0.2, 0.25) is 0 Å². The number of nitrogens with zero attached hydrogens (tertiary/aromatic N) is 1. The summed E-state index contributed by atoms with van der Waals surface area (Å²) < 4.78 is 46.6. The van der Waals surface area contributed by atoms with E-state index in [2.05, 4.69) is 20.9 Å². The number of hydrogen-bond acceptors (Lipinski definition) is 3. The molecule has 0 aromatic carbocycles. The van der Waals surface area contributed by atoms with Gasteiger partial charge in [-0.15, -0.1) is 0 Å². The van der Waals surface area contributed by atoms with Gasteiger partial charge in [-0.1, -0.05) is 15.9 Å². The number of hydrogen-bond donors (Lipinski definition) is 1. The van der Waals surface area contributed by atoms with Crippen LogP contribution >= 0.6 is 15.9 Å². The fraction of sp³-hybridized carbons (Fsp3) is 0.286. The lowest BCUT2D eigenvalue weighted by atomic mass is 10.2. The third-order valence-electron chi connectivity index (χ3n) is 1.61. The summed E-state index contributed by atoms with van der Waals surface area (Å²) in [5.74, 6) is 0. The van der Waals surface area contributed by atoms with Crippen molar-refractivity contribution in [2.75, 3.05) is 0 Å². The summed E-state index contributed by atoms with van der Waals surface area (Å²) >= 11 is 2.98. The standard InChI is InChI=1S/C7H7BrF2N2O2S/c8-2-4-1-5(6(9)10)3-12-7(4)15(11,13)14/h1,3,6H,2H2,(H2,11,13,14).